The van der Waals surface area contributed by atoms with Crippen LogP contribution in [0, 0.1) is 0 Å². The molecule has 0 aliphatic carbocycles. The predicted octanol–water partition coefficient (Wildman–Crippen LogP) is 6.84. The van der Waals surface area contributed by atoms with Crippen molar-refractivity contribution in [2.75, 3.05) is 7.05 Å². The third-order valence-electron chi connectivity index (χ3n) is 7.17. The van der Waals surface area contributed by atoms with Crippen molar-refractivity contribution in [1.82, 2.24) is 0 Å². The molecule has 0 saturated carbocycles. The van der Waals surface area contributed by atoms with Gasteiger partial charge >= 0.3 is 0 Å². The van der Waals surface area contributed by atoms with Gasteiger partial charge in [0.2, 0.25) is 5.69 Å². The lowest BCUT2D eigenvalue weighted by Crippen LogP contribution is -2.26. The lowest BCUT2D eigenvalue weighted by Gasteiger charge is -2.16. The van der Waals surface area contributed by atoms with Crippen molar-refractivity contribution in [2.24, 2.45) is 0 Å². The van der Waals surface area contributed by atoms with Gasteiger partial charge in [-0.2, -0.15) is 4.58 Å². The molecule has 0 unspecified atom stereocenters. The number of carbonyl (C=O) groups excluding carboxylic acids is 1. The molecule has 0 bridgehead atoms. The van der Waals surface area contributed by atoms with Crippen LogP contribution in [0.3, 0.4) is 0 Å². The first-order valence-electron chi connectivity index (χ1n) is 11.2. The molecular formula is C30H24NO2+. The highest BCUT2D eigenvalue weighted by Gasteiger charge is 2.43. The quantitative estimate of drug-likeness (QED) is 0.177. The Morgan fingerprint density at radius 2 is 1.52 bits per heavy atom. The zero-order valence-corrected chi connectivity index (χ0v) is 18.9. The predicted molar refractivity (Wildman–Crippen MR) is 136 cm³/mol. The molecule has 5 aromatic rings. The number of allylic oxidation sites excluding steroid dienone is 1. The molecule has 1 aliphatic heterocycles. The molecular weight excluding hydrogens is 406 g/mol. The first-order valence-corrected chi connectivity index (χ1v) is 11.2. The number of rotatable bonds is 4. The van der Waals surface area contributed by atoms with Crippen LogP contribution in [0.15, 0.2) is 78.9 Å². The van der Waals surface area contributed by atoms with E-state index < -0.39 is 0 Å². The second-order valence-corrected chi connectivity index (χ2v) is 9.31. The van der Waals surface area contributed by atoms with Crippen LogP contribution < -0.4 is 4.74 Å². The number of carbonyl (C=O) groups is 1. The molecule has 160 valence electrons. The molecule has 1 aliphatic rings. The number of fused-ring (bicyclic) bond motifs is 1. The van der Waals surface area contributed by atoms with E-state index in [1.165, 1.54) is 43.6 Å². The summed E-state index contributed by atoms with van der Waals surface area (Å²) in [5.74, 6) is 0.572. The van der Waals surface area contributed by atoms with Crippen LogP contribution >= 0.6 is 0 Å². The Balaban J connectivity index is 1.48. The molecule has 0 aromatic heterocycles. The summed E-state index contributed by atoms with van der Waals surface area (Å²) in [4.78, 5) is 10.8. The molecule has 1 heterocycles. The highest BCUT2D eigenvalue weighted by atomic mass is 16.5. The Morgan fingerprint density at radius 1 is 0.818 bits per heavy atom. The lowest BCUT2D eigenvalue weighted by molar-refractivity contribution is -0.401. The van der Waals surface area contributed by atoms with E-state index in [0.717, 1.165) is 11.3 Å². The maximum atomic E-state index is 10.8. The van der Waals surface area contributed by atoms with Gasteiger partial charge in [-0.15, -0.1) is 0 Å². The second kappa shape index (κ2) is 7.01. The van der Waals surface area contributed by atoms with E-state index >= 15 is 0 Å². The van der Waals surface area contributed by atoms with Crippen LogP contribution in [0.1, 0.15) is 25.0 Å². The van der Waals surface area contributed by atoms with E-state index in [2.05, 4.69) is 92.2 Å². The molecule has 0 N–H and O–H groups in total. The van der Waals surface area contributed by atoms with Crippen molar-refractivity contribution >= 4 is 56.3 Å². The van der Waals surface area contributed by atoms with Gasteiger partial charge in [0.15, 0.2) is 5.71 Å². The van der Waals surface area contributed by atoms with Gasteiger partial charge in [0.25, 0.3) is 6.47 Å². The van der Waals surface area contributed by atoms with Gasteiger partial charge in [-0.3, -0.25) is 4.79 Å². The van der Waals surface area contributed by atoms with Crippen LogP contribution in [0.2, 0.25) is 0 Å². The maximum absolute atomic E-state index is 10.8. The minimum Gasteiger partial charge on any atom is -0.429 e. The normalized spacial score (nSPS) is 15.2. The van der Waals surface area contributed by atoms with Gasteiger partial charge < -0.3 is 4.74 Å². The van der Waals surface area contributed by atoms with Crippen molar-refractivity contribution in [3.8, 4) is 5.75 Å². The SMILES string of the molecule is C[N+]1=C(C=Cc2ccc3ccc4cccc5ccc2c3c45)C(C)(C)c2cc(OC=O)ccc21. The van der Waals surface area contributed by atoms with Crippen LogP contribution in [-0.4, -0.2) is 23.8 Å². The zero-order valence-electron chi connectivity index (χ0n) is 18.9. The molecule has 33 heavy (non-hydrogen) atoms. The highest BCUT2D eigenvalue weighted by molar-refractivity contribution is 6.24. The van der Waals surface area contributed by atoms with Crippen LogP contribution in [0.5, 0.6) is 5.75 Å². The maximum Gasteiger partial charge on any atom is 0.298 e. The summed E-state index contributed by atoms with van der Waals surface area (Å²) in [6, 6.07) is 25.7. The summed E-state index contributed by atoms with van der Waals surface area (Å²) in [5.41, 5.74) is 4.48. The Labute approximate surface area is 192 Å². The first kappa shape index (κ1) is 19.7. The second-order valence-electron chi connectivity index (χ2n) is 9.31. The van der Waals surface area contributed by atoms with Gasteiger partial charge in [0.1, 0.15) is 12.8 Å². The highest BCUT2D eigenvalue weighted by Crippen LogP contribution is 2.42. The number of hydrogen-bond acceptors (Lipinski definition) is 2. The van der Waals surface area contributed by atoms with Gasteiger partial charge in [-0.25, -0.2) is 0 Å². The van der Waals surface area contributed by atoms with E-state index in [-0.39, 0.29) is 5.41 Å². The summed E-state index contributed by atoms with van der Waals surface area (Å²) < 4.78 is 7.33. The number of hydrogen-bond donors (Lipinski definition) is 0. The van der Waals surface area contributed by atoms with Gasteiger partial charge in [0, 0.05) is 17.7 Å². The van der Waals surface area contributed by atoms with Crippen molar-refractivity contribution in [1.29, 1.82) is 0 Å². The number of benzene rings is 5. The smallest absolute Gasteiger partial charge is 0.298 e. The Bertz CT molecular complexity index is 1620. The minimum absolute atomic E-state index is 0.216. The van der Waals surface area contributed by atoms with Gasteiger partial charge in [0.05, 0.1) is 5.41 Å². The van der Waals surface area contributed by atoms with E-state index in [1.807, 2.05) is 18.2 Å². The monoisotopic (exact) mass is 430 g/mol. The summed E-state index contributed by atoms with van der Waals surface area (Å²) in [6.07, 6.45) is 4.46. The van der Waals surface area contributed by atoms with E-state index in [1.54, 1.807) is 0 Å². The lowest BCUT2D eigenvalue weighted by atomic mass is 9.81. The fraction of sp³-hybridized carbons (Fsp3) is 0.133. The molecule has 0 saturated heterocycles. The largest absolute Gasteiger partial charge is 0.429 e. The topological polar surface area (TPSA) is 29.3 Å². The van der Waals surface area contributed by atoms with Crippen molar-refractivity contribution in [2.45, 2.75) is 19.3 Å². The third kappa shape index (κ3) is 2.82. The molecule has 0 radical (unpaired) electrons. The molecule has 0 atom stereocenters. The number of nitrogens with zero attached hydrogens (tertiary/aromatic N) is 1. The van der Waals surface area contributed by atoms with E-state index in [0.29, 0.717) is 12.2 Å². The number of ether oxygens (including phenoxy) is 1. The van der Waals surface area contributed by atoms with E-state index in [4.69, 9.17) is 4.74 Å². The average molecular weight is 431 g/mol. The fourth-order valence-corrected chi connectivity index (χ4v) is 5.52. The zero-order chi connectivity index (χ0) is 22.7. The van der Waals surface area contributed by atoms with Crippen LogP contribution in [-0.2, 0) is 10.2 Å². The molecule has 5 aromatic carbocycles. The Kier molecular flexibility index (Phi) is 4.18. The van der Waals surface area contributed by atoms with Crippen molar-refractivity contribution in [3.05, 3.63) is 90.0 Å². The Morgan fingerprint density at radius 3 is 2.27 bits per heavy atom. The molecule has 0 spiro atoms. The van der Waals surface area contributed by atoms with Crippen LogP contribution in [0.4, 0.5) is 5.69 Å². The standard InChI is InChI=1S/C30H24NO2/c1-30(2)25-17-23(33-18-32)13-15-26(25)31(3)27(30)16-12-19-7-8-22-10-9-20-5-4-6-21-11-14-24(19)29(22)28(20)21/h4-18H,1-3H3/q+1. The molecule has 0 amide bonds. The van der Waals surface area contributed by atoms with E-state index in [9.17, 15) is 4.79 Å². The Hall–Kier alpha value is -3.98. The van der Waals surface area contributed by atoms with Gasteiger partial charge in [-0.05, 0) is 69.9 Å². The van der Waals surface area contributed by atoms with Crippen molar-refractivity contribution < 1.29 is 14.1 Å². The first-order chi connectivity index (χ1) is 16.0. The summed E-state index contributed by atoms with van der Waals surface area (Å²) in [7, 11) is 2.09. The van der Waals surface area contributed by atoms with Gasteiger partial charge in [-0.1, -0.05) is 54.6 Å². The summed E-state index contributed by atoms with van der Waals surface area (Å²) >= 11 is 0. The summed E-state index contributed by atoms with van der Waals surface area (Å²) in [5, 5.41) is 7.77. The average Bonchev–Trinajstić information content (AvgIpc) is 3.01. The third-order valence-corrected chi connectivity index (χ3v) is 7.17. The molecule has 6 rings (SSSR count). The molecule has 0 fully saturated rings. The fourth-order valence-electron chi connectivity index (χ4n) is 5.52. The summed E-state index contributed by atoms with van der Waals surface area (Å²) in [6.45, 7) is 4.90. The molecule has 3 nitrogen and oxygen atoms in total. The molecule has 3 heteroatoms. The minimum atomic E-state index is -0.216. The van der Waals surface area contributed by atoms with Crippen molar-refractivity contribution in [3.63, 3.8) is 0 Å². The van der Waals surface area contributed by atoms with Crippen LogP contribution in [0.25, 0.3) is 38.4 Å².